The minimum atomic E-state index is -0.456. The highest BCUT2D eigenvalue weighted by molar-refractivity contribution is 8.00. The Balaban J connectivity index is 4.21. The van der Waals surface area contributed by atoms with Crippen molar-refractivity contribution >= 4 is 24.4 Å². The molecule has 0 aromatic carbocycles. The lowest BCUT2D eigenvalue weighted by Gasteiger charge is -2.08. The van der Waals surface area contributed by atoms with Gasteiger partial charge in [-0.15, -0.1) is 0 Å². The van der Waals surface area contributed by atoms with Crippen LogP contribution in [0.25, 0.3) is 0 Å². The van der Waals surface area contributed by atoms with Crippen molar-refractivity contribution in [1.82, 2.24) is 0 Å². The molecule has 0 saturated carbocycles. The van der Waals surface area contributed by atoms with Gasteiger partial charge in [-0.3, -0.25) is 4.99 Å². The molecule has 1 unspecified atom stereocenters. The van der Waals surface area contributed by atoms with E-state index in [2.05, 4.69) is 11.7 Å². The maximum atomic E-state index is 11.4. The Morgan fingerprint density at radius 2 is 2.19 bits per heavy atom. The first kappa shape index (κ1) is 15.2. The van der Waals surface area contributed by atoms with Crippen LogP contribution in [0, 0.1) is 0 Å². The minimum Gasteiger partial charge on any atom is -0.458 e. The van der Waals surface area contributed by atoms with Crippen LogP contribution in [-0.2, 0) is 9.53 Å². The number of hydrogen-bond donors (Lipinski definition) is 1. The number of carbonyl (C=O) groups is 1. The number of hydrogen-bond acceptors (Lipinski definition) is 5. The van der Waals surface area contributed by atoms with Gasteiger partial charge in [-0.05, 0) is 26.6 Å². The molecular formula is C11H19NO3S. The molecule has 0 radical (unpaired) electrons. The molecule has 0 spiro atoms. The van der Waals surface area contributed by atoms with Crippen LogP contribution in [0.2, 0.25) is 0 Å². The molecular weight excluding hydrogens is 226 g/mol. The number of rotatable bonds is 7. The smallest absolute Gasteiger partial charge is 0.356 e. The van der Waals surface area contributed by atoms with Gasteiger partial charge in [-0.1, -0.05) is 6.92 Å². The van der Waals surface area contributed by atoms with Crippen molar-refractivity contribution in [3.63, 3.8) is 0 Å². The Kier molecular flexibility index (Phi) is 7.93. The molecule has 0 amide bonds. The highest BCUT2D eigenvalue weighted by atomic mass is 32.2. The summed E-state index contributed by atoms with van der Waals surface area (Å²) in [5.74, 6) is 0.144. The molecule has 0 saturated heterocycles. The SMILES string of the molecule is C=N/C(=C\CSC(C)CO)C(=O)OC(C)C. The van der Waals surface area contributed by atoms with Crippen molar-refractivity contribution in [3.8, 4) is 0 Å². The molecule has 0 fully saturated rings. The molecule has 0 aliphatic carbocycles. The Morgan fingerprint density at radius 3 is 2.62 bits per heavy atom. The van der Waals surface area contributed by atoms with Crippen molar-refractivity contribution in [2.45, 2.75) is 32.1 Å². The van der Waals surface area contributed by atoms with E-state index in [4.69, 9.17) is 9.84 Å². The Bertz CT molecular complexity index is 264. The van der Waals surface area contributed by atoms with Crippen LogP contribution in [-0.4, -0.2) is 41.5 Å². The highest BCUT2D eigenvalue weighted by Gasteiger charge is 2.10. The number of aliphatic hydroxyl groups is 1. The van der Waals surface area contributed by atoms with Gasteiger partial charge in [0.25, 0.3) is 0 Å². The molecule has 0 aromatic rings. The predicted molar refractivity (Wildman–Crippen MR) is 67.9 cm³/mol. The number of ether oxygens (including phenoxy) is 1. The summed E-state index contributed by atoms with van der Waals surface area (Å²) in [6, 6.07) is 0. The number of thioether (sulfide) groups is 1. The topological polar surface area (TPSA) is 58.9 Å². The van der Waals surface area contributed by atoms with Gasteiger partial charge >= 0.3 is 5.97 Å². The quantitative estimate of drug-likeness (QED) is 0.421. The average Bonchev–Trinajstić information content (AvgIpc) is 2.22. The van der Waals surface area contributed by atoms with E-state index >= 15 is 0 Å². The molecule has 0 heterocycles. The summed E-state index contributed by atoms with van der Waals surface area (Å²) in [4.78, 5) is 15.1. The molecule has 0 rings (SSSR count). The maximum absolute atomic E-state index is 11.4. The summed E-state index contributed by atoms with van der Waals surface area (Å²) < 4.78 is 4.99. The Morgan fingerprint density at radius 1 is 1.56 bits per heavy atom. The van der Waals surface area contributed by atoms with Crippen LogP contribution < -0.4 is 0 Å². The van der Waals surface area contributed by atoms with Gasteiger partial charge in [0.05, 0.1) is 12.7 Å². The zero-order valence-electron chi connectivity index (χ0n) is 9.97. The van der Waals surface area contributed by atoms with Gasteiger partial charge in [0.15, 0.2) is 0 Å². The molecule has 0 aliphatic heterocycles. The maximum Gasteiger partial charge on any atom is 0.356 e. The summed E-state index contributed by atoms with van der Waals surface area (Å²) in [7, 11) is 0. The normalized spacial score (nSPS) is 13.7. The van der Waals surface area contributed by atoms with E-state index < -0.39 is 5.97 Å². The van der Waals surface area contributed by atoms with Crippen molar-refractivity contribution < 1.29 is 14.6 Å². The largest absolute Gasteiger partial charge is 0.458 e. The average molecular weight is 245 g/mol. The number of nitrogens with zero attached hydrogens (tertiary/aromatic N) is 1. The molecule has 1 atom stereocenters. The third-order valence-electron chi connectivity index (χ3n) is 1.64. The minimum absolute atomic E-state index is 0.117. The monoisotopic (exact) mass is 245 g/mol. The number of carbonyl (C=O) groups excluding carboxylic acids is 1. The first-order valence-corrected chi connectivity index (χ1v) is 6.16. The molecule has 0 bridgehead atoms. The summed E-state index contributed by atoms with van der Waals surface area (Å²) in [5.41, 5.74) is 0.228. The van der Waals surface area contributed by atoms with E-state index in [1.807, 2.05) is 6.92 Å². The molecule has 92 valence electrons. The van der Waals surface area contributed by atoms with Gasteiger partial charge in [-0.25, -0.2) is 4.79 Å². The summed E-state index contributed by atoms with van der Waals surface area (Å²) >= 11 is 1.53. The second-order valence-electron chi connectivity index (χ2n) is 3.53. The lowest BCUT2D eigenvalue weighted by atomic mass is 10.4. The van der Waals surface area contributed by atoms with Gasteiger partial charge in [0.1, 0.15) is 5.70 Å². The summed E-state index contributed by atoms with van der Waals surface area (Å²) in [6.07, 6.45) is 1.50. The van der Waals surface area contributed by atoms with Crippen LogP contribution >= 0.6 is 11.8 Å². The van der Waals surface area contributed by atoms with Gasteiger partial charge < -0.3 is 9.84 Å². The molecule has 0 aliphatic rings. The van der Waals surface area contributed by atoms with Crippen LogP contribution in [0.4, 0.5) is 0 Å². The van der Waals surface area contributed by atoms with E-state index in [1.165, 1.54) is 11.8 Å². The van der Waals surface area contributed by atoms with E-state index in [-0.39, 0.29) is 23.7 Å². The third-order valence-corrected chi connectivity index (χ3v) is 2.71. The lowest BCUT2D eigenvalue weighted by molar-refractivity contribution is -0.142. The van der Waals surface area contributed by atoms with E-state index in [1.54, 1.807) is 19.9 Å². The molecule has 1 N–H and O–H groups in total. The summed E-state index contributed by atoms with van der Waals surface area (Å²) in [6.45, 7) is 8.91. The first-order chi connectivity index (χ1) is 7.51. The van der Waals surface area contributed by atoms with Crippen molar-refractivity contribution in [3.05, 3.63) is 11.8 Å². The fraction of sp³-hybridized carbons (Fsp3) is 0.636. The van der Waals surface area contributed by atoms with Crippen molar-refractivity contribution in [2.24, 2.45) is 4.99 Å². The van der Waals surface area contributed by atoms with E-state index in [0.29, 0.717) is 5.75 Å². The van der Waals surface area contributed by atoms with E-state index in [0.717, 1.165) is 0 Å². The number of aliphatic imine (C=N–C) groups is 1. The van der Waals surface area contributed by atoms with Crippen molar-refractivity contribution in [2.75, 3.05) is 12.4 Å². The second kappa shape index (κ2) is 8.35. The second-order valence-corrected chi connectivity index (χ2v) is 5.00. The fourth-order valence-electron chi connectivity index (χ4n) is 0.831. The summed E-state index contributed by atoms with van der Waals surface area (Å²) in [5, 5.41) is 8.96. The van der Waals surface area contributed by atoms with Gasteiger partial charge in [0, 0.05) is 11.0 Å². The lowest BCUT2D eigenvalue weighted by Crippen LogP contribution is -2.13. The van der Waals surface area contributed by atoms with Gasteiger partial charge in [-0.2, -0.15) is 11.8 Å². The zero-order valence-corrected chi connectivity index (χ0v) is 10.8. The molecule has 0 aromatic heterocycles. The van der Waals surface area contributed by atoms with Gasteiger partial charge in [0.2, 0.25) is 0 Å². The van der Waals surface area contributed by atoms with Crippen LogP contribution in [0.3, 0.4) is 0 Å². The molecule has 4 nitrogen and oxygen atoms in total. The Labute approximate surface area is 101 Å². The highest BCUT2D eigenvalue weighted by Crippen LogP contribution is 2.11. The third kappa shape index (κ3) is 6.63. The number of esters is 1. The van der Waals surface area contributed by atoms with Crippen LogP contribution in [0.1, 0.15) is 20.8 Å². The molecule has 5 heteroatoms. The van der Waals surface area contributed by atoms with E-state index in [9.17, 15) is 4.79 Å². The Hall–Kier alpha value is -0.810. The molecule has 16 heavy (non-hydrogen) atoms. The predicted octanol–water partition coefficient (Wildman–Crippen LogP) is 1.64. The van der Waals surface area contributed by atoms with Crippen LogP contribution in [0.5, 0.6) is 0 Å². The first-order valence-electron chi connectivity index (χ1n) is 5.11. The zero-order chi connectivity index (χ0) is 12.6. The number of aliphatic hydroxyl groups excluding tert-OH is 1. The standard InChI is InChI=1S/C11H19NO3S/c1-8(2)15-11(14)10(12-4)5-6-16-9(3)7-13/h5,8-9,13H,4,6-7H2,1-3H3/b10-5-. The van der Waals surface area contributed by atoms with Crippen molar-refractivity contribution in [1.29, 1.82) is 0 Å². The van der Waals surface area contributed by atoms with Crippen LogP contribution in [0.15, 0.2) is 16.8 Å². The fourth-order valence-corrected chi connectivity index (χ4v) is 1.52.